The summed E-state index contributed by atoms with van der Waals surface area (Å²) in [6, 6.07) is 9.84. The van der Waals surface area contributed by atoms with Gasteiger partial charge in [0.1, 0.15) is 5.75 Å². The maximum atomic E-state index is 5.33. The molecule has 0 amide bonds. The smallest absolute Gasteiger partial charge is 0.191 e. The Balaban J connectivity index is 1.80. The molecule has 0 fully saturated rings. The van der Waals surface area contributed by atoms with Gasteiger partial charge in [0, 0.05) is 38.1 Å². The third-order valence-corrected chi connectivity index (χ3v) is 3.05. The molecule has 112 valence electrons. The summed E-state index contributed by atoms with van der Waals surface area (Å²) >= 11 is 0. The fraction of sp³-hybridized carbons (Fsp3) is 0.333. The Morgan fingerprint density at radius 1 is 1.29 bits per heavy atom. The second-order valence-corrected chi connectivity index (χ2v) is 4.43. The van der Waals surface area contributed by atoms with E-state index < -0.39 is 0 Å². The van der Waals surface area contributed by atoms with Crippen molar-refractivity contribution in [2.75, 3.05) is 20.7 Å². The van der Waals surface area contributed by atoms with Gasteiger partial charge in [0.15, 0.2) is 5.96 Å². The molecule has 0 saturated carbocycles. The highest BCUT2D eigenvalue weighted by atomic mass is 16.5. The van der Waals surface area contributed by atoms with Gasteiger partial charge in [0.25, 0.3) is 0 Å². The highest BCUT2D eigenvalue weighted by Gasteiger charge is 2.03. The molecular weight excluding hydrogens is 266 g/mol. The molecule has 0 radical (unpaired) electrons. The lowest BCUT2D eigenvalue weighted by Gasteiger charge is -2.13. The molecule has 0 aliphatic carbocycles. The number of rotatable bonds is 6. The number of hydrogen-bond acceptors (Lipinski definition) is 3. The van der Waals surface area contributed by atoms with Gasteiger partial charge < -0.3 is 15.4 Å². The summed E-state index contributed by atoms with van der Waals surface area (Å²) in [5.74, 6) is 1.63. The number of hydrogen-bond donors (Lipinski definition) is 2. The van der Waals surface area contributed by atoms with Gasteiger partial charge in [0.2, 0.25) is 0 Å². The Labute approximate surface area is 124 Å². The van der Waals surface area contributed by atoms with Gasteiger partial charge in [-0.1, -0.05) is 18.2 Å². The lowest BCUT2D eigenvalue weighted by atomic mass is 10.2. The summed E-state index contributed by atoms with van der Waals surface area (Å²) in [6.45, 7) is 2.21. The average Bonchev–Trinajstić information content (AvgIpc) is 3.04. The predicted octanol–water partition coefficient (Wildman–Crippen LogP) is 1.26. The van der Waals surface area contributed by atoms with Crippen LogP contribution in [-0.4, -0.2) is 36.4 Å². The number of ether oxygens (including phenoxy) is 1. The molecule has 0 spiro atoms. The molecular formula is C15H21N5O. The van der Waals surface area contributed by atoms with Gasteiger partial charge in [-0.15, -0.1) is 0 Å². The van der Waals surface area contributed by atoms with Crippen LogP contribution in [0.25, 0.3) is 0 Å². The Bertz CT molecular complexity index is 565. The predicted molar refractivity (Wildman–Crippen MR) is 83.4 cm³/mol. The van der Waals surface area contributed by atoms with Gasteiger partial charge in [-0.25, -0.2) is 0 Å². The van der Waals surface area contributed by atoms with E-state index in [4.69, 9.17) is 4.74 Å². The second-order valence-electron chi connectivity index (χ2n) is 4.43. The molecule has 1 aromatic carbocycles. The second kappa shape index (κ2) is 7.94. The molecule has 2 N–H and O–H groups in total. The van der Waals surface area contributed by atoms with Crippen molar-refractivity contribution in [2.24, 2.45) is 4.99 Å². The van der Waals surface area contributed by atoms with Crippen LogP contribution in [0.3, 0.4) is 0 Å². The molecule has 6 heteroatoms. The van der Waals surface area contributed by atoms with E-state index in [2.05, 4.69) is 20.7 Å². The minimum Gasteiger partial charge on any atom is -0.496 e. The number of benzene rings is 1. The molecule has 21 heavy (non-hydrogen) atoms. The zero-order chi connectivity index (χ0) is 14.9. The first kappa shape index (κ1) is 14.9. The fourth-order valence-corrected chi connectivity index (χ4v) is 1.97. The van der Waals surface area contributed by atoms with Crippen molar-refractivity contribution in [2.45, 2.75) is 13.1 Å². The normalized spacial score (nSPS) is 11.2. The minimum absolute atomic E-state index is 0.658. The fourth-order valence-electron chi connectivity index (χ4n) is 1.97. The van der Waals surface area contributed by atoms with Crippen molar-refractivity contribution in [1.29, 1.82) is 0 Å². The van der Waals surface area contributed by atoms with E-state index in [1.165, 1.54) is 0 Å². The molecule has 0 atom stereocenters. The standard InChI is InChI=1S/C15H21N5O/c1-16-15(17-9-11-20-10-5-8-19-20)18-12-13-6-3-4-7-14(13)21-2/h3-8,10H,9,11-12H2,1-2H3,(H2,16,17,18). The Morgan fingerprint density at radius 2 is 2.14 bits per heavy atom. The number of guanidine groups is 1. The first-order chi connectivity index (χ1) is 10.3. The van der Waals surface area contributed by atoms with Crippen molar-refractivity contribution >= 4 is 5.96 Å². The lowest BCUT2D eigenvalue weighted by molar-refractivity contribution is 0.409. The van der Waals surface area contributed by atoms with Gasteiger partial charge >= 0.3 is 0 Å². The first-order valence-corrected chi connectivity index (χ1v) is 6.87. The van der Waals surface area contributed by atoms with E-state index in [1.54, 1.807) is 20.4 Å². The number of aliphatic imine (C=N–C) groups is 1. The number of nitrogens with one attached hydrogen (secondary N) is 2. The summed E-state index contributed by atoms with van der Waals surface area (Å²) in [4.78, 5) is 4.20. The zero-order valence-corrected chi connectivity index (χ0v) is 12.4. The monoisotopic (exact) mass is 287 g/mol. The number of aromatic nitrogens is 2. The SMILES string of the molecule is CN=C(NCCn1cccn1)NCc1ccccc1OC. The molecule has 6 nitrogen and oxygen atoms in total. The number of nitrogens with zero attached hydrogens (tertiary/aromatic N) is 3. The van der Waals surface area contributed by atoms with Crippen molar-refractivity contribution in [3.05, 3.63) is 48.3 Å². The third-order valence-electron chi connectivity index (χ3n) is 3.05. The van der Waals surface area contributed by atoms with E-state index in [-0.39, 0.29) is 0 Å². The first-order valence-electron chi connectivity index (χ1n) is 6.87. The molecule has 2 rings (SSSR count). The van der Waals surface area contributed by atoms with Crippen LogP contribution >= 0.6 is 0 Å². The van der Waals surface area contributed by atoms with Crippen LogP contribution in [0.1, 0.15) is 5.56 Å². The van der Waals surface area contributed by atoms with Crippen molar-refractivity contribution in [3.8, 4) is 5.75 Å². The molecule has 1 heterocycles. The van der Waals surface area contributed by atoms with E-state index in [1.807, 2.05) is 41.2 Å². The van der Waals surface area contributed by atoms with Gasteiger partial charge in [-0.05, 0) is 12.1 Å². The molecule has 0 unspecified atom stereocenters. The molecule has 2 aromatic rings. The van der Waals surface area contributed by atoms with Crippen LogP contribution in [0, 0.1) is 0 Å². The minimum atomic E-state index is 0.658. The molecule has 0 aliphatic heterocycles. The summed E-state index contributed by atoms with van der Waals surface area (Å²) in [5.41, 5.74) is 1.09. The van der Waals surface area contributed by atoms with E-state index in [0.717, 1.165) is 30.4 Å². The lowest BCUT2D eigenvalue weighted by Crippen LogP contribution is -2.38. The van der Waals surface area contributed by atoms with E-state index in [9.17, 15) is 0 Å². The maximum Gasteiger partial charge on any atom is 0.191 e. The maximum absolute atomic E-state index is 5.33. The van der Waals surface area contributed by atoms with Crippen LogP contribution in [0.4, 0.5) is 0 Å². The summed E-state index contributed by atoms with van der Waals surface area (Å²) in [7, 11) is 3.43. The van der Waals surface area contributed by atoms with Crippen LogP contribution < -0.4 is 15.4 Å². The summed E-state index contributed by atoms with van der Waals surface area (Å²) in [6.07, 6.45) is 3.71. The van der Waals surface area contributed by atoms with Crippen LogP contribution in [0.5, 0.6) is 5.75 Å². The Morgan fingerprint density at radius 3 is 2.86 bits per heavy atom. The highest BCUT2D eigenvalue weighted by Crippen LogP contribution is 2.16. The Kier molecular flexibility index (Phi) is 5.63. The molecule has 0 bridgehead atoms. The van der Waals surface area contributed by atoms with Gasteiger partial charge in [-0.3, -0.25) is 9.67 Å². The highest BCUT2D eigenvalue weighted by molar-refractivity contribution is 5.79. The van der Waals surface area contributed by atoms with Gasteiger partial charge in [-0.2, -0.15) is 5.10 Å². The number of para-hydroxylation sites is 1. The van der Waals surface area contributed by atoms with Crippen LogP contribution in [0.2, 0.25) is 0 Å². The largest absolute Gasteiger partial charge is 0.496 e. The van der Waals surface area contributed by atoms with Crippen molar-refractivity contribution < 1.29 is 4.74 Å². The zero-order valence-electron chi connectivity index (χ0n) is 12.4. The van der Waals surface area contributed by atoms with Crippen LogP contribution in [-0.2, 0) is 13.1 Å². The summed E-state index contributed by atoms with van der Waals surface area (Å²) < 4.78 is 7.20. The average molecular weight is 287 g/mol. The topological polar surface area (TPSA) is 63.5 Å². The molecule has 0 aliphatic rings. The molecule has 1 aromatic heterocycles. The van der Waals surface area contributed by atoms with E-state index in [0.29, 0.717) is 6.54 Å². The molecule has 0 saturated heterocycles. The third kappa shape index (κ3) is 4.52. The number of methoxy groups -OCH3 is 1. The van der Waals surface area contributed by atoms with Crippen molar-refractivity contribution in [1.82, 2.24) is 20.4 Å². The van der Waals surface area contributed by atoms with Gasteiger partial charge in [0.05, 0.1) is 13.7 Å². The van der Waals surface area contributed by atoms with E-state index >= 15 is 0 Å². The van der Waals surface area contributed by atoms with Crippen molar-refractivity contribution in [3.63, 3.8) is 0 Å². The summed E-state index contributed by atoms with van der Waals surface area (Å²) in [5, 5.41) is 10.7. The van der Waals surface area contributed by atoms with Crippen LogP contribution in [0.15, 0.2) is 47.7 Å². The Hall–Kier alpha value is -2.50. The quantitative estimate of drug-likeness (QED) is 0.620.